The van der Waals surface area contributed by atoms with Crippen molar-refractivity contribution < 1.29 is 9.47 Å². The van der Waals surface area contributed by atoms with Gasteiger partial charge in [-0.3, -0.25) is 0 Å². The Balaban J connectivity index is 2.04. The number of ether oxygens (including phenoxy) is 2. The number of benzene rings is 2. The van der Waals surface area contributed by atoms with E-state index in [9.17, 15) is 0 Å². The summed E-state index contributed by atoms with van der Waals surface area (Å²) in [6.07, 6.45) is 2.02. The van der Waals surface area contributed by atoms with E-state index in [1.807, 2.05) is 0 Å². The Labute approximate surface area is 168 Å². The normalized spacial score (nSPS) is 11.4. The Hall–Kier alpha value is -1.00. The Bertz CT molecular complexity index is 566. The van der Waals surface area contributed by atoms with E-state index in [0.717, 1.165) is 48.2 Å². The van der Waals surface area contributed by atoms with Gasteiger partial charge in [-0.05, 0) is 48.2 Å². The van der Waals surface area contributed by atoms with Gasteiger partial charge in [0.2, 0.25) is 0 Å². The van der Waals surface area contributed by atoms with Crippen LogP contribution in [0.3, 0.4) is 0 Å². The molecule has 0 aliphatic carbocycles. The van der Waals surface area contributed by atoms with E-state index in [-0.39, 0.29) is 5.41 Å². The first kappa shape index (κ1) is 20.3. The molecule has 0 fully saturated rings. The van der Waals surface area contributed by atoms with Crippen LogP contribution in [-0.4, -0.2) is 23.9 Å². The first-order chi connectivity index (χ1) is 12.1. The molecule has 4 heteroatoms. The molecule has 0 aliphatic heterocycles. The second-order valence-corrected chi connectivity index (χ2v) is 8.04. The summed E-state index contributed by atoms with van der Waals surface area (Å²) >= 11 is 6.84. The molecule has 2 rings (SSSR count). The number of hydrogen-bond acceptors (Lipinski definition) is 2. The van der Waals surface area contributed by atoms with Crippen molar-refractivity contribution in [3.8, 4) is 11.5 Å². The second kappa shape index (κ2) is 10.2. The zero-order valence-corrected chi connectivity index (χ0v) is 18.1. The number of halogens is 2. The van der Waals surface area contributed by atoms with Crippen molar-refractivity contribution in [3.05, 3.63) is 59.7 Å². The molecule has 0 amide bonds. The van der Waals surface area contributed by atoms with Gasteiger partial charge < -0.3 is 9.47 Å². The molecule has 0 atom stereocenters. The third kappa shape index (κ3) is 6.03. The molecule has 0 saturated carbocycles. The topological polar surface area (TPSA) is 18.5 Å². The zero-order chi connectivity index (χ0) is 18.1. The largest absolute Gasteiger partial charge is 0.494 e. The van der Waals surface area contributed by atoms with Crippen LogP contribution in [0.2, 0.25) is 0 Å². The molecule has 2 aromatic carbocycles. The van der Waals surface area contributed by atoms with Crippen molar-refractivity contribution in [1.82, 2.24) is 0 Å². The summed E-state index contributed by atoms with van der Waals surface area (Å²) in [6.45, 7) is 5.97. The second-order valence-electron chi connectivity index (χ2n) is 6.46. The fraction of sp³-hybridized carbons (Fsp3) is 0.429. The molecule has 0 unspecified atom stereocenters. The van der Waals surface area contributed by atoms with Crippen molar-refractivity contribution in [1.29, 1.82) is 0 Å². The van der Waals surface area contributed by atoms with E-state index in [2.05, 4.69) is 94.2 Å². The van der Waals surface area contributed by atoms with Gasteiger partial charge in [-0.1, -0.05) is 70.0 Å². The van der Waals surface area contributed by atoms with Crippen molar-refractivity contribution in [3.63, 3.8) is 0 Å². The van der Waals surface area contributed by atoms with Crippen LogP contribution in [-0.2, 0) is 5.41 Å². The molecule has 2 aromatic rings. The number of hydrogen-bond donors (Lipinski definition) is 0. The van der Waals surface area contributed by atoms with Crippen LogP contribution in [0.4, 0.5) is 0 Å². The highest BCUT2D eigenvalue weighted by molar-refractivity contribution is 9.09. The maximum atomic E-state index is 5.73. The minimum atomic E-state index is -0.0667. The van der Waals surface area contributed by atoms with E-state index >= 15 is 0 Å². The molecule has 136 valence electrons. The lowest BCUT2D eigenvalue weighted by atomic mass is 9.78. The molecule has 0 radical (unpaired) electrons. The van der Waals surface area contributed by atoms with Crippen LogP contribution in [0.15, 0.2) is 48.5 Å². The molecule has 0 aromatic heterocycles. The van der Waals surface area contributed by atoms with Gasteiger partial charge in [0.25, 0.3) is 0 Å². The summed E-state index contributed by atoms with van der Waals surface area (Å²) in [6, 6.07) is 16.9. The summed E-state index contributed by atoms with van der Waals surface area (Å²) in [5, 5.41) is 1.93. The van der Waals surface area contributed by atoms with Gasteiger partial charge in [-0.2, -0.15) is 0 Å². The van der Waals surface area contributed by atoms with Crippen LogP contribution in [0, 0.1) is 0 Å². The van der Waals surface area contributed by atoms with Crippen molar-refractivity contribution in [2.24, 2.45) is 0 Å². The van der Waals surface area contributed by atoms with E-state index in [4.69, 9.17) is 9.47 Å². The highest BCUT2D eigenvalue weighted by Gasteiger charge is 2.23. The van der Waals surface area contributed by atoms with Crippen molar-refractivity contribution in [2.45, 2.75) is 32.1 Å². The Morgan fingerprint density at radius 1 is 0.680 bits per heavy atom. The smallest absolute Gasteiger partial charge is 0.119 e. The predicted molar refractivity (Wildman–Crippen MR) is 113 cm³/mol. The summed E-state index contributed by atoms with van der Waals surface area (Å²) in [5.74, 6) is 1.85. The van der Waals surface area contributed by atoms with Gasteiger partial charge >= 0.3 is 0 Å². The van der Waals surface area contributed by atoms with Gasteiger partial charge in [0, 0.05) is 16.1 Å². The van der Waals surface area contributed by atoms with Crippen LogP contribution >= 0.6 is 31.9 Å². The SMILES string of the molecule is CC(C)(c1ccc(OCCCBr)cc1)c1ccc(OCCCBr)cc1. The van der Waals surface area contributed by atoms with Crippen LogP contribution in [0.25, 0.3) is 0 Å². The molecule has 2 nitrogen and oxygen atoms in total. The van der Waals surface area contributed by atoms with E-state index < -0.39 is 0 Å². The lowest BCUT2D eigenvalue weighted by Crippen LogP contribution is -2.18. The van der Waals surface area contributed by atoms with Gasteiger partial charge in [-0.15, -0.1) is 0 Å². The lowest BCUT2D eigenvalue weighted by Gasteiger charge is -2.26. The highest BCUT2D eigenvalue weighted by atomic mass is 79.9. The first-order valence-electron chi connectivity index (χ1n) is 8.66. The third-order valence-corrected chi connectivity index (χ3v) is 5.37. The Morgan fingerprint density at radius 2 is 1.04 bits per heavy atom. The fourth-order valence-electron chi connectivity index (χ4n) is 2.59. The number of alkyl halides is 2. The summed E-state index contributed by atoms with van der Waals surface area (Å²) < 4.78 is 11.5. The quantitative estimate of drug-likeness (QED) is 0.298. The van der Waals surface area contributed by atoms with Gasteiger partial charge in [-0.25, -0.2) is 0 Å². The molecule has 0 saturated heterocycles. The molecule has 25 heavy (non-hydrogen) atoms. The maximum Gasteiger partial charge on any atom is 0.119 e. The Kier molecular flexibility index (Phi) is 8.31. The average Bonchev–Trinajstić information content (AvgIpc) is 2.63. The van der Waals surface area contributed by atoms with Gasteiger partial charge in [0.05, 0.1) is 13.2 Å². The van der Waals surface area contributed by atoms with Crippen LogP contribution in [0.1, 0.15) is 37.8 Å². The molecule has 0 N–H and O–H groups in total. The fourth-order valence-corrected chi connectivity index (χ4v) is 3.05. The lowest BCUT2D eigenvalue weighted by molar-refractivity contribution is 0.319. The van der Waals surface area contributed by atoms with Crippen molar-refractivity contribution >= 4 is 31.9 Å². The standard InChI is InChI=1S/C21H26Br2O2/c1-21(2,17-5-9-19(10-6-17)24-15-3-13-22)18-7-11-20(12-8-18)25-16-4-14-23/h5-12H,3-4,13-16H2,1-2H3. The van der Waals surface area contributed by atoms with Crippen molar-refractivity contribution in [2.75, 3.05) is 23.9 Å². The number of rotatable bonds is 10. The third-order valence-electron chi connectivity index (χ3n) is 4.25. The molecule has 0 heterocycles. The Morgan fingerprint density at radius 3 is 1.36 bits per heavy atom. The minimum Gasteiger partial charge on any atom is -0.494 e. The summed E-state index contributed by atoms with van der Waals surface area (Å²) in [5.41, 5.74) is 2.48. The van der Waals surface area contributed by atoms with E-state index in [1.54, 1.807) is 0 Å². The monoisotopic (exact) mass is 468 g/mol. The first-order valence-corrected chi connectivity index (χ1v) is 10.9. The van der Waals surface area contributed by atoms with E-state index in [1.165, 1.54) is 11.1 Å². The highest BCUT2D eigenvalue weighted by Crippen LogP contribution is 2.33. The minimum absolute atomic E-state index is 0.0667. The average molecular weight is 470 g/mol. The molecule has 0 spiro atoms. The maximum absolute atomic E-state index is 5.73. The molecule has 0 bridgehead atoms. The molecular formula is C21H26Br2O2. The van der Waals surface area contributed by atoms with Gasteiger partial charge in [0.1, 0.15) is 11.5 Å². The molecule has 0 aliphatic rings. The van der Waals surface area contributed by atoms with Gasteiger partial charge in [0.15, 0.2) is 0 Å². The summed E-state index contributed by atoms with van der Waals surface area (Å²) in [4.78, 5) is 0. The predicted octanol–water partition coefficient (Wildman–Crippen LogP) is 6.34. The summed E-state index contributed by atoms with van der Waals surface area (Å²) in [7, 11) is 0. The van der Waals surface area contributed by atoms with E-state index in [0.29, 0.717) is 0 Å². The molecular weight excluding hydrogens is 444 g/mol. The van der Waals surface area contributed by atoms with Crippen LogP contribution in [0.5, 0.6) is 11.5 Å². The zero-order valence-electron chi connectivity index (χ0n) is 14.9. The van der Waals surface area contributed by atoms with Crippen LogP contribution < -0.4 is 9.47 Å².